The number of Topliss-reactive ketones (excluding diaryl/α,β-unsaturated/α-hetero) is 1. The molecule has 0 radical (unpaired) electrons. The van der Waals surface area contributed by atoms with Crippen molar-refractivity contribution in [2.24, 2.45) is 0 Å². The van der Waals surface area contributed by atoms with Crippen molar-refractivity contribution in [1.29, 1.82) is 0 Å². The molecule has 0 saturated heterocycles. The highest BCUT2D eigenvalue weighted by atomic mass is 16.3. The summed E-state index contributed by atoms with van der Waals surface area (Å²) in [6.07, 6.45) is 0.0499. The molecule has 0 spiro atoms. The number of para-hydroxylation sites is 1. The average molecular weight is 192 g/mol. The molecule has 0 aromatic heterocycles. The van der Waals surface area contributed by atoms with Crippen LogP contribution in [0.5, 0.6) is 0 Å². The average Bonchev–Trinajstić information content (AvgIpc) is 2.07. The molecule has 3 nitrogen and oxygen atoms in total. The summed E-state index contributed by atoms with van der Waals surface area (Å²) in [5.74, 6) is -0.0737. The highest BCUT2D eigenvalue weighted by Gasteiger charge is 2.08. The fraction of sp³-hybridized carbons (Fsp3) is 0.273. The lowest BCUT2D eigenvalue weighted by atomic mass is 10.2. The number of carbonyl (C=O) groups is 1. The van der Waals surface area contributed by atoms with Crippen molar-refractivity contribution in [2.45, 2.75) is 20.3 Å². The largest absolute Gasteiger partial charge is 0.463 e. The van der Waals surface area contributed by atoms with Gasteiger partial charge in [0.25, 0.3) is 0 Å². The number of hydrogen-bond donors (Lipinski definition) is 2. The molecule has 0 atom stereocenters. The maximum Gasteiger partial charge on any atom is 0.345 e. The van der Waals surface area contributed by atoms with E-state index in [2.05, 4.69) is 4.99 Å². The maximum atomic E-state index is 10.7. The highest BCUT2D eigenvalue weighted by molar-refractivity contribution is 5.93. The van der Waals surface area contributed by atoms with Gasteiger partial charge in [0.05, 0.1) is 0 Å². The fourth-order valence-corrected chi connectivity index (χ4v) is 1.15. The minimum absolute atomic E-state index is 0.00759. The SMILES string of the molecule is CC(=O)CC(O)=[NH+]c1ccccc1C. The summed E-state index contributed by atoms with van der Waals surface area (Å²) in [5.41, 5.74) is 1.86. The van der Waals surface area contributed by atoms with Gasteiger partial charge in [0.2, 0.25) is 5.69 Å². The van der Waals surface area contributed by atoms with Crippen LogP contribution in [0.1, 0.15) is 18.9 Å². The molecule has 1 rings (SSSR count). The number of carbonyl (C=O) groups excluding carboxylic acids is 1. The Hall–Kier alpha value is -1.64. The van der Waals surface area contributed by atoms with Gasteiger partial charge < -0.3 is 5.11 Å². The quantitative estimate of drug-likeness (QED) is 0.545. The molecular weight excluding hydrogens is 178 g/mol. The molecule has 0 aliphatic carbocycles. The van der Waals surface area contributed by atoms with Crippen molar-refractivity contribution >= 4 is 17.4 Å². The lowest BCUT2D eigenvalue weighted by Gasteiger charge is -1.93. The maximum absolute atomic E-state index is 10.7. The van der Waals surface area contributed by atoms with Crippen LogP contribution in [0.2, 0.25) is 0 Å². The van der Waals surface area contributed by atoms with E-state index in [0.717, 1.165) is 11.3 Å². The highest BCUT2D eigenvalue weighted by Crippen LogP contribution is 2.05. The normalized spacial score (nSPS) is 11.4. The molecule has 74 valence electrons. The first-order chi connectivity index (χ1) is 6.59. The standard InChI is InChI=1S/C11H13NO2/c1-8-5-3-4-6-10(8)12-11(14)7-9(2)13/h3-6H,7H2,1-2H3,(H,12,14)/p+1. The number of aryl methyl sites for hydroxylation is 1. The van der Waals surface area contributed by atoms with E-state index in [1.54, 1.807) is 0 Å². The third kappa shape index (κ3) is 3.01. The van der Waals surface area contributed by atoms with Gasteiger partial charge in [-0.15, -0.1) is 0 Å². The van der Waals surface area contributed by atoms with Gasteiger partial charge in [0.1, 0.15) is 12.2 Å². The van der Waals surface area contributed by atoms with Crippen molar-refractivity contribution in [2.75, 3.05) is 0 Å². The molecule has 0 bridgehead atoms. The van der Waals surface area contributed by atoms with Crippen LogP contribution in [0.25, 0.3) is 0 Å². The van der Waals surface area contributed by atoms with Gasteiger partial charge in [-0.1, -0.05) is 18.2 Å². The predicted molar refractivity (Wildman–Crippen MR) is 54.7 cm³/mol. The van der Waals surface area contributed by atoms with Crippen LogP contribution >= 0.6 is 0 Å². The second-order valence-corrected chi connectivity index (χ2v) is 3.27. The molecule has 0 saturated carbocycles. The van der Waals surface area contributed by atoms with E-state index in [9.17, 15) is 9.90 Å². The first kappa shape index (κ1) is 10.4. The number of hydrogen-bond acceptors (Lipinski definition) is 1. The Morgan fingerprint density at radius 1 is 1.43 bits per heavy atom. The Bertz CT molecular complexity index is 369. The van der Waals surface area contributed by atoms with E-state index in [1.807, 2.05) is 31.2 Å². The van der Waals surface area contributed by atoms with E-state index in [1.165, 1.54) is 6.92 Å². The van der Waals surface area contributed by atoms with Gasteiger partial charge in [-0.05, 0) is 13.8 Å². The van der Waals surface area contributed by atoms with Crippen molar-refractivity contribution in [3.63, 3.8) is 0 Å². The molecule has 2 N–H and O–H groups in total. The zero-order chi connectivity index (χ0) is 10.6. The first-order valence-corrected chi connectivity index (χ1v) is 4.46. The van der Waals surface area contributed by atoms with E-state index in [4.69, 9.17) is 0 Å². The molecule has 0 fully saturated rings. The number of aliphatic hydroxyl groups excluding tert-OH is 1. The van der Waals surface area contributed by atoms with Gasteiger partial charge in [-0.2, -0.15) is 4.99 Å². The lowest BCUT2D eigenvalue weighted by Crippen LogP contribution is -2.67. The predicted octanol–water partition coefficient (Wildman–Crippen LogP) is 0.643. The molecule has 3 heteroatoms. The molecule has 1 aromatic carbocycles. The number of rotatable bonds is 3. The van der Waals surface area contributed by atoms with Crippen LogP contribution in [0.15, 0.2) is 24.3 Å². The Kier molecular flexibility index (Phi) is 3.40. The monoisotopic (exact) mass is 192 g/mol. The molecule has 0 heterocycles. The molecule has 0 aliphatic heterocycles. The lowest BCUT2D eigenvalue weighted by molar-refractivity contribution is -0.367. The van der Waals surface area contributed by atoms with Crippen LogP contribution in [-0.2, 0) is 4.79 Å². The molecule has 14 heavy (non-hydrogen) atoms. The summed E-state index contributed by atoms with van der Waals surface area (Å²) >= 11 is 0. The van der Waals surface area contributed by atoms with Crippen LogP contribution in [-0.4, -0.2) is 16.8 Å². The van der Waals surface area contributed by atoms with Gasteiger partial charge >= 0.3 is 5.90 Å². The fourth-order valence-electron chi connectivity index (χ4n) is 1.15. The second kappa shape index (κ2) is 4.56. The summed E-state index contributed by atoms with van der Waals surface area (Å²) < 4.78 is 0. The number of ketones is 1. The zero-order valence-corrected chi connectivity index (χ0v) is 8.37. The van der Waals surface area contributed by atoms with Crippen LogP contribution < -0.4 is 4.99 Å². The topological polar surface area (TPSA) is 51.3 Å². The Labute approximate surface area is 83.1 Å². The summed E-state index contributed by atoms with van der Waals surface area (Å²) in [4.78, 5) is 13.5. The molecule has 0 unspecified atom stereocenters. The van der Waals surface area contributed by atoms with E-state index in [-0.39, 0.29) is 18.1 Å². The minimum atomic E-state index is -0.0661. The summed E-state index contributed by atoms with van der Waals surface area (Å²) in [5, 5.41) is 9.38. The van der Waals surface area contributed by atoms with Crippen molar-refractivity contribution < 1.29 is 14.9 Å². The number of nitrogens with one attached hydrogen (secondary N) is 1. The molecule has 0 amide bonds. The smallest absolute Gasteiger partial charge is 0.345 e. The van der Waals surface area contributed by atoms with Crippen LogP contribution in [0.3, 0.4) is 0 Å². The second-order valence-electron chi connectivity index (χ2n) is 3.27. The van der Waals surface area contributed by atoms with Gasteiger partial charge in [0.15, 0.2) is 0 Å². The zero-order valence-electron chi connectivity index (χ0n) is 8.37. The first-order valence-electron chi connectivity index (χ1n) is 4.46. The Balaban J connectivity index is 2.86. The van der Waals surface area contributed by atoms with Crippen LogP contribution in [0.4, 0.5) is 5.69 Å². The van der Waals surface area contributed by atoms with Crippen molar-refractivity contribution in [1.82, 2.24) is 0 Å². The summed E-state index contributed by atoms with van der Waals surface area (Å²) in [6.45, 7) is 3.37. The van der Waals surface area contributed by atoms with Crippen LogP contribution in [0, 0.1) is 6.92 Å². The van der Waals surface area contributed by atoms with E-state index >= 15 is 0 Å². The van der Waals surface area contributed by atoms with E-state index in [0.29, 0.717) is 0 Å². The third-order valence-electron chi connectivity index (χ3n) is 1.84. The third-order valence-corrected chi connectivity index (χ3v) is 1.84. The summed E-state index contributed by atoms with van der Waals surface area (Å²) in [6, 6.07) is 7.58. The minimum Gasteiger partial charge on any atom is -0.463 e. The number of aliphatic hydroxyl groups is 1. The Morgan fingerprint density at radius 3 is 2.64 bits per heavy atom. The van der Waals surface area contributed by atoms with Crippen molar-refractivity contribution in [3.05, 3.63) is 29.8 Å². The summed E-state index contributed by atoms with van der Waals surface area (Å²) in [7, 11) is 0. The van der Waals surface area contributed by atoms with Crippen molar-refractivity contribution in [3.8, 4) is 0 Å². The van der Waals surface area contributed by atoms with Gasteiger partial charge in [0, 0.05) is 11.6 Å². The van der Waals surface area contributed by atoms with Gasteiger partial charge in [-0.3, -0.25) is 4.79 Å². The molecule has 1 aromatic rings. The molecule has 0 aliphatic rings. The number of benzene rings is 1. The van der Waals surface area contributed by atoms with E-state index < -0.39 is 0 Å². The molecular formula is C11H14NO2+. The Morgan fingerprint density at radius 2 is 2.07 bits per heavy atom. The van der Waals surface area contributed by atoms with Gasteiger partial charge in [-0.25, -0.2) is 0 Å².